The number of amides is 1. The monoisotopic (exact) mass is 358 g/mol. The number of anilines is 1. The van der Waals surface area contributed by atoms with Crippen LogP contribution in [0, 0.1) is 0 Å². The van der Waals surface area contributed by atoms with Crippen LogP contribution in [-0.4, -0.2) is 35.2 Å². The summed E-state index contributed by atoms with van der Waals surface area (Å²) in [4.78, 5) is 27.3. The largest absolute Gasteiger partial charge is 0.457 e. The SMILES string of the molecule is NCCOC(=O)C(=O)Nc1nc(-c2cc(-c3ccccc3)on2)cs1. The molecule has 0 bridgehead atoms. The van der Waals surface area contributed by atoms with Crippen LogP contribution in [0.3, 0.4) is 0 Å². The van der Waals surface area contributed by atoms with Gasteiger partial charge < -0.3 is 15.0 Å². The van der Waals surface area contributed by atoms with Crippen molar-refractivity contribution in [2.24, 2.45) is 5.73 Å². The minimum atomic E-state index is -1.00. The van der Waals surface area contributed by atoms with Crippen molar-refractivity contribution in [3.05, 3.63) is 41.8 Å². The van der Waals surface area contributed by atoms with Crippen LogP contribution >= 0.6 is 11.3 Å². The van der Waals surface area contributed by atoms with Gasteiger partial charge in [0, 0.05) is 23.6 Å². The minimum absolute atomic E-state index is 0.0173. The van der Waals surface area contributed by atoms with E-state index in [1.807, 2.05) is 30.3 Å². The molecule has 0 unspecified atom stereocenters. The second kappa shape index (κ2) is 7.69. The van der Waals surface area contributed by atoms with E-state index in [1.54, 1.807) is 11.4 Å². The van der Waals surface area contributed by atoms with Gasteiger partial charge in [-0.25, -0.2) is 9.78 Å². The van der Waals surface area contributed by atoms with Crippen molar-refractivity contribution in [3.8, 4) is 22.7 Å². The second-order valence-corrected chi connectivity index (χ2v) is 5.72. The Bertz CT molecular complexity index is 875. The lowest BCUT2D eigenvalue weighted by atomic mass is 10.1. The molecule has 0 spiro atoms. The normalized spacial score (nSPS) is 10.4. The molecule has 3 N–H and O–H groups in total. The van der Waals surface area contributed by atoms with E-state index in [9.17, 15) is 9.59 Å². The van der Waals surface area contributed by atoms with Crippen LogP contribution in [0.2, 0.25) is 0 Å². The summed E-state index contributed by atoms with van der Waals surface area (Å²) in [5.74, 6) is -1.30. The van der Waals surface area contributed by atoms with E-state index in [0.717, 1.165) is 16.9 Å². The first-order valence-electron chi connectivity index (χ1n) is 7.33. The highest BCUT2D eigenvalue weighted by Crippen LogP contribution is 2.28. The maximum absolute atomic E-state index is 11.7. The number of nitrogens with two attached hydrogens (primary N) is 1. The van der Waals surface area contributed by atoms with E-state index >= 15 is 0 Å². The molecular formula is C16H14N4O4S. The number of hydrogen-bond donors (Lipinski definition) is 2. The summed E-state index contributed by atoms with van der Waals surface area (Å²) in [6, 6.07) is 11.3. The number of thiazole rings is 1. The molecule has 0 radical (unpaired) electrons. The molecule has 2 aromatic heterocycles. The molecule has 9 heteroatoms. The summed E-state index contributed by atoms with van der Waals surface area (Å²) in [6.45, 7) is 0.132. The lowest BCUT2D eigenvalue weighted by molar-refractivity contribution is -0.152. The highest BCUT2D eigenvalue weighted by molar-refractivity contribution is 7.14. The summed E-state index contributed by atoms with van der Waals surface area (Å²) < 4.78 is 9.96. The number of nitrogens with one attached hydrogen (secondary N) is 1. The Morgan fingerprint density at radius 3 is 2.80 bits per heavy atom. The van der Waals surface area contributed by atoms with Crippen molar-refractivity contribution in [1.29, 1.82) is 0 Å². The van der Waals surface area contributed by atoms with Gasteiger partial charge in [0.2, 0.25) is 0 Å². The molecule has 8 nitrogen and oxygen atoms in total. The predicted molar refractivity (Wildman–Crippen MR) is 91.7 cm³/mol. The fourth-order valence-electron chi connectivity index (χ4n) is 1.95. The van der Waals surface area contributed by atoms with Gasteiger partial charge in [-0.3, -0.25) is 10.1 Å². The number of benzene rings is 1. The number of nitrogens with zero attached hydrogens (tertiary/aromatic N) is 2. The summed E-state index contributed by atoms with van der Waals surface area (Å²) in [5.41, 5.74) is 7.16. The van der Waals surface area contributed by atoms with Crippen LogP contribution < -0.4 is 11.1 Å². The molecule has 0 atom stereocenters. The van der Waals surface area contributed by atoms with Crippen molar-refractivity contribution in [1.82, 2.24) is 10.1 Å². The maximum Gasteiger partial charge on any atom is 0.397 e. The highest BCUT2D eigenvalue weighted by atomic mass is 32.1. The van der Waals surface area contributed by atoms with E-state index in [0.29, 0.717) is 17.1 Å². The van der Waals surface area contributed by atoms with Gasteiger partial charge in [-0.15, -0.1) is 11.3 Å². The molecule has 2 heterocycles. The number of hydrogen-bond acceptors (Lipinski definition) is 8. The van der Waals surface area contributed by atoms with Gasteiger partial charge in [0.05, 0.1) is 0 Å². The molecule has 1 amide bonds. The van der Waals surface area contributed by atoms with E-state index in [4.69, 9.17) is 10.3 Å². The van der Waals surface area contributed by atoms with Crippen LogP contribution in [0.4, 0.5) is 5.13 Å². The standard InChI is InChI=1S/C16H14N4O4S/c17-6-7-23-15(22)14(21)19-16-18-12(9-25-16)11-8-13(24-20-11)10-4-2-1-3-5-10/h1-5,8-9H,6-7,17H2,(H,18,19,21). The zero-order valence-electron chi connectivity index (χ0n) is 13.0. The molecule has 0 aliphatic carbocycles. The highest BCUT2D eigenvalue weighted by Gasteiger charge is 2.18. The zero-order chi connectivity index (χ0) is 17.6. The molecule has 3 rings (SSSR count). The van der Waals surface area contributed by atoms with Crippen LogP contribution in [0.1, 0.15) is 0 Å². The second-order valence-electron chi connectivity index (χ2n) is 4.86. The van der Waals surface area contributed by atoms with Crippen LogP contribution in [0.25, 0.3) is 22.7 Å². The number of carbonyl (C=O) groups excluding carboxylic acids is 2. The summed E-state index contributed by atoms with van der Waals surface area (Å²) in [5, 5.41) is 8.32. The fourth-order valence-corrected chi connectivity index (χ4v) is 2.65. The van der Waals surface area contributed by atoms with E-state index in [-0.39, 0.29) is 18.3 Å². The van der Waals surface area contributed by atoms with E-state index in [1.165, 1.54) is 0 Å². The third-order valence-electron chi connectivity index (χ3n) is 3.09. The van der Waals surface area contributed by atoms with Gasteiger partial charge in [-0.2, -0.15) is 0 Å². The van der Waals surface area contributed by atoms with Crippen molar-refractivity contribution in [3.63, 3.8) is 0 Å². The fraction of sp³-hybridized carbons (Fsp3) is 0.125. The quantitative estimate of drug-likeness (QED) is 0.528. The van der Waals surface area contributed by atoms with Crippen molar-refractivity contribution in [2.45, 2.75) is 0 Å². The van der Waals surface area contributed by atoms with Crippen LogP contribution in [-0.2, 0) is 14.3 Å². The first kappa shape index (κ1) is 16.8. The van der Waals surface area contributed by atoms with Gasteiger partial charge in [-0.1, -0.05) is 35.5 Å². The number of rotatable bonds is 5. The number of aromatic nitrogens is 2. The molecule has 0 aliphatic heterocycles. The van der Waals surface area contributed by atoms with Gasteiger partial charge in [-0.05, 0) is 0 Å². The molecule has 0 fully saturated rings. The molecule has 128 valence electrons. The Balaban J connectivity index is 1.69. The van der Waals surface area contributed by atoms with E-state index < -0.39 is 11.9 Å². The number of carbonyl (C=O) groups is 2. The maximum atomic E-state index is 11.7. The van der Waals surface area contributed by atoms with Gasteiger partial charge >= 0.3 is 11.9 Å². The molecule has 0 aliphatic rings. The molecule has 0 saturated carbocycles. The van der Waals surface area contributed by atoms with Gasteiger partial charge in [0.15, 0.2) is 10.9 Å². The topological polar surface area (TPSA) is 120 Å². The molecule has 0 saturated heterocycles. The lowest BCUT2D eigenvalue weighted by Crippen LogP contribution is -2.26. The average Bonchev–Trinajstić information content (AvgIpc) is 3.29. The summed E-state index contributed by atoms with van der Waals surface area (Å²) >= 11 is 1.16. The first-order chi connectivity index (χ1) is 12.2. The number of esters is 1. The van der Waals surface area contributed by atoms with Crippen molar-refractivity contribution < 1.29 is 18.8 Å². The average molecular weight is 358 g/mol. The third-order valence-corrected chi connectivity index (χ3v) is 3.85. The summed E-state index contributed by atoms with van der Waals surface area (Å²) in [7, 11) is 0. The van der Waals surface area contributed by atoms with Crippen molar-refractivity contribution >= 4 is 28.3 Å². The smallest absolute Gasteiger partial charge is 0.397 e. The molecule has 25 heavy (non-hydrogen) atoms. The molecule has 3 aromatic rings. The minimum Gasteiger partial charge on any atom is -0.457 e. The Morgan fingerprint density at radius 2 is 2.04 bits per heavy atom. The number of ether oxygens (including phenoxy) is 1. The van der Waals surface area contributed by atoms with Crippen LogP contribution in [0.5, 0.6) is 0 Å². The van der Waals surface area contributed by atoms with Crippen molar-refractivity contribution in [2.75, 3.05) is 18.5 Å². The Hall–Kier alpha value is -3.04. The predicted octanol–water partition coefficient (Wildman–Crippen LogP) is 1.91. The van der Waals surface area contributed by atoms with Crippen LogP contribution in [0.15, 0.2) is 46.3 Å². The van der Waals surface area contributed by atoms with Gasteiger partial charge in [0.25, 0.3) is 0 Å². The summed E-state index contributed by atoms with van der Waals surface area (Å²) in [6.07, 6.45) is 0. The third kappa shape index (κ3) is 4.08. The van der Waals surface area contributed by atoms with Gasteiger partial charge in [0.1, 0.15) is 18.0 Å². The Labute approximate surface area is 146 Å². The molecular weight excluding hydrogens is 344 g/mol. The van der Waals surface area contributed by atoms with E-state index in [2.05, 4.69) is 20.2 Å². The molecule has 1 aromatic carbocycles. The Kier molecular flexibility index (Phi) is 5.17. The lowest BCUT2D eigenvalue weighted by Gasteiger charge is -2.01. The first-order valence-corrected chi connectivity index (χ1v) is 8.21. The Morgan fingerprint density at radius 1 is 1.24 bits per heavy atom. The zero-order valence-corrected chi connectivity index (χ0v) is 13.8.